The third kappa shape index (κ3) is 4.00. The van der Waals surface area contributed by atoms with Crippen molar-refractivity contribution in [3.05, 3.63) is 69.2 Å². The second kappa shape index (κ2) is 8.96. The molecule has 2 saturated heterocycles. The van der Waals surface area contributed by atoms with E-state index in [1.165, 1.54) is 4.90 Å². The summed E-state index contributed by atoms with van der Waals surface area (Å²) in [5.74, 6) is -0.841. The molecule has 2 aromatic rings. The van der Waals surface area contributed by atoms with Crippen molar-refractivity contribution in [3.63, 3.8) is 0 Å². The fourth-order valence-corrected chi connectivity index (χ4v) is 4.60. The number of halogens is 1. The third-order valence-electron chi connectivity index (χ3n) is 6.15. The molecule has 0 saturated carbocycles. The van der Waals surface area contributed by atoms with Gasteiger partial charge in [0, 0.05) is 23.7 Å². The van der Waals surface area contributed by atoms with Gasteiger partial charge in [-0.1, -0.05) is 23.7 Å². The van der Waals surface area contributed by atoms with Gasteiger partial charge in [0.15, 0.2) is 0 Å². The number of nitrogens with zero attached hydrogens (tertiary/aromatic N) is 1. The highest BCUT2D eigenvalue weighted by Gasteiger charge is 2.47. The molecular weight excluding hydrogens is 430 g/mol. The van der Waals surface area contributed by atoms with E-state index in [9.17, 15) is 14.7 Å². The molecule has 0 radical (unpaired) electrons. The van der Waals surface area contributed by atoms with Crippen molar-refractivity contribution in [3.8, 4) is 5.75 Å². The SMILES string of the molecule is COc1cc(C)c(/C(O)=C2\C(=O)C(=O)N(CC3CCCO3)C2c2ccc(Cl)cc2)cc1C. The van der Waals surface area contributed by atoms with Gasteiger partial charge in [-0.05, 0) is 67.6 Å². The van der Waals surface area contributed by atoms with Crippen LogP contribution in [0, 0.1) is 13.8 Å². The molecule has 2 aliphatic rings. The van der Waals surface area contributed by atoms with Gasteiger partial charge in [-0.25, -0.2) is 0 Å². The highest BCUT2D eigenvalue weighted by molar-refractivity contribution is 6.46. The van der Waals surface area contributed by atoms with Crippen LogP contribution in [-0.2, 0) is 14.3 Å². The van der Waals surface area contributed by atoms with E-state index >= 15 is 0 Å². The fraction of sp³-hybridized carbons (Fsp3) is 0.360. The Hall–Kier alpha value is -2.83. The van der Waals surface area contributed by atoms with E-state index in [0.29, 0.717) is 28.5 Å². The topological polar surface area (TPSA) is 76.1 Å². The Kier molecular flexibility index (Phi) is 6.26. The molecule has 4 rings (SSSR count). The summed E-state index contributed by atoms with van der Waals surface area (Å²) < 4.78 is 11.1. The van der Waals surface area contributed by atoms with Gasteiger partial charge in [-0.15, -0.1) is 0 Å². The number of rotatable bonds is 5. The van der Waals surface area contributed by atoms with Crippen LogP contribution in [0.3, 0.4) is 0 Å². The highest BCUT2D eigenvalue weighted by atomic mass is 35.5. The Labute approximate surface area is 192 Å². The van der Waals surface area contributed by atoms with Gasteiger partial charge in [0.25, 0.3) is 11.7 Å². The first kappa shape index (κ1) is 22.4. The van der Waals surface area contributed by atoms with Gasteiger partial charge in [-0.3, -0.25) is 9.59 Å². The Morgan fingerprint density at radius 1 is 1.19 bits per heavy atom. The van der Waals surface area contributed by atoms with Crippen molar-refractivity contribution in [1.29, 1.82) is 0 Å². The lowest BCUT2D eigenvalue weighted by molar-refractivity contribution is -0.140. The monoisotopic (exact) mass is 455 g/mol. The van der Waals surface area contributed by atoms with Crippen LogP contribution < -0.4 is 4.74 Å². The van der Waals surface area contributed by atoms with Gasteiger partial charge < -0.3 is 19.5 Å². The zero-order valence-corrected chi connectivity index (χ0v) is 19.1. The average Bonchev–Trinajstić information content (AvgIpc) is 3.37. The van der Waals surface area contributed by atoms with E-state index in [1.807, 2.05) is 19.9 Å². The van der Waals surface area contributed by atoms with E-state index in [4.69, 9.17) is 21.1 Å². The maximum absolute atomic E-state index is 13.2. The fourth-order valence-electron chi connectivity index (χ4n) is 4.48. The second-order valence-corrected chi connectivity index (χ2v) is 8.71. The molecule has 2 unspecified atom stereocenters. The predicted molar refractivity (Wildman–Crippen MR) is 122 cm³/mol. The normalized spacial score (nSPS) is 22.6. The predicted octanol–water partition coefficient (Wildman–Crippen LogP) is 4.57. The van der Waals surface area contributed by atoms with Crippen LogP contribution in [0.15, 0.2) is 42.0 Å². The minimum atomic E-state index is -0.724. The first-order chi connectivity index (χ1) is 15.3. The van der Waals surface area contributed by atoms with Gasteiger partial charge in [0.05, 0.1) is 24.8 Å². The number of ketones is 1. The summed E-state index contributed by atoms with van der Waals surface area (Å²) in [5.41, 5.74) is 2.83. The summed E-state index contributed by atoms with van der Waals surface area (Å²) in [6.45, 7) is 4.62. The van der Waals surface area contributed by atoms with Crippen molar-refractivity contribution < 1.29 is 24.2 Å². The third-order valence-corrected chi connectivity index (χ3v) is 6.40. The molecule has 2 aromatic carbocycles. The summed E-state index contributed by atoms with van der Waals surface area (Å²) in [7, 11) is 1.58. The summed E-state index contributed by atoms with van der Waals surface area (Å²) in [4.78, 5) is 27.8. The number of carbonyl (C=O) groups excluding carboxylic acids is 2. The molecule has 2 fully saturated rings. The van der Waals surface area contributed by atoms with Crippen molar-refractivity contribution in [2.75, 3.05) is 20.3 Å². The quantitative estimate of drug-likeness (QED) is 0.406. The summed E-state index contributed by atoms with van der Waals surface area (Å²) in [6.07, 6.45) is 1.62. The van der Waals surface area contributed by atoms with E-state index in [0.717, 1.165) is 24.0 Å². The molecule has 168 valence electrons. The Morgan fingerprint density at radius 3 is 2.53 bits per heavy atom. The zero-order valence-electron chi connectivity index (χ0n) is 18.4. The average molecular weight is 456 g/mol. The molecule has 0 bridgehead atoms. The number of amides is 1. The van der Waals surface area contributed by atoms with E-state index in [-0.39, 0.29) is 24.0 Å². The lowest BCUT2D eigenvalue weighted by atomic mass is 9.93. The Balaban J connectivity index is 1.86. The molecule has 0 spiro atoms. The number of hydrogen-bond donors (Lipinski definition) is 1. The van der Waals surface area contributed by atoms with Crippen LogP contribution in [0.25, 0.3) is 5.76 Å². The van der Waals surface area contributed by atoms with Crippen molar-refractivity contribution in [2.45, 2.75) is 38.8 Å². The van der Waals surface area contributed by atoms with Crippen LogP contribution >= 0.6 is 11.6 Å². The molecule has 2 atom stereocenters. The number of benzene rings is 2. The zero-order chi connectivity index (χ0) is 23.0. The van der Waals surface area contributed by atoms with E-state index in [2.05, 4.69) is 0 Å². The molecule has 7 heteroatoms. The first-order valence-corrected chi connectivity index (χ1v) is 11.0. The van der Waals surface area contributed by atoms with E-state index < -0.39 is 17.7 Å². The molecule has 1 amide bonds. The van der Waals surface area contributed by atoms with Crippen LogP contribution in [-0.4, -0.2) is 48.1 Å². The molecular formula is C25H26ClNO5. The smallest absolute Gasteiger partial charge is 0.295 e. The standard InChI is InChI=1S/C25H26ClNO5/c1-14-12-20(31-3)15(2)11-19(14)23(28)21-22(16-6-8-17(26)9-7-16)27(25(30)24(21)29)13-18-5-4-10-32-18/h6-9,11-12,18,22,28H,4-5,10,13H2,1-3H3/b23-21+. The highest BCUT2D eigenvalue weighted by Crippen LogP contribution is 2.41. The van der Waals surface area contributed by atoms with Crippen molar-refractivity contribution in [2.24, 2.45) is 0 Å². The molecule has 1 N–H and O–H groups in total. The van der Waals surface area contributed by atoms with Crippen molar-refractivity contribution in [1.82, 2.24) is 4.90 Å². The van der Waals surface area contributed by atoms with Crippen LogP contribution in [0.4, 0.5) is 0 Å². The number of ether oxygens (including phenoxy) is 2. The van der Waals surface area contributed by atoms with Gasteiger partial charge in [0.2, 0.25) is 0 Å². The summed E-state index contributed by atoms with van der Waals surface area (Å²) >= 11 is 6.07. The largest absolute Gasteiger partial charge is 0.507 e. The number of Topliss-reactive ketones (excluding diaryl/α,β-unsaturated/α-hetero) is 1. The summed E-state index contributed by atoms with van der Waals surface area (Å²) in [6, 6.07) is 9.84. The lowest BCUT2D eigenvalue weighted by Crippen LogP contribution is -2.36. The molecule has 2 heterocycles. The molecule has 6 nitrogen and oxygen atoms in total. The molecule has 0 aliphatic carbocycles. The molecule has 0 aromatic heterocycles. The number of aliphatic hydroxyl groups is 1. The second-order valence-electron chi connectivity index (χ2n) is 8.27. The minimum Gasteiger partial charge on any atom is -0.507 e. The van der Waals surface area contributed by atoms with E-state index in [1.54, 1.807) is 37.4 Å². The lowest BCUT2D eigenvalue weighted by Gasteiger charge is -2.27. The van der Waals surface area contributed by atoms with Crippen molar-refractivity contribution >= 4 is 29.1 Å². The Morgan fingerprint density at radius 2 is 1.91 bits per heavy atom. The first-order valence-electron chi connectivity index (χ1n) is 10.6. The number of carbonyl (C=O) groups is 2. The molecule has 2 aliphatic heterocycles. The van der Waals surface area contributed by atoms with Gasteiger partial charge >= 0.3 is 0 Å². The maximum Gasteiger partial charge on any atom is 0.295 e. The minimum absolute atomic E-state index is 0.0722. The molecule has 32 heavy (non-hydrogen) atoms. The van der Waals surface area contributed by atoms with Gasteiger partial charge in [0.1, 0.15) is 11.5 Å². The van der Waals surface area contributed by atoms with Crippen LogP contribution in [0.5, 0.6) is 5.75 Å². The van der Waals surface area contributed by atoms with Crippen LogP contribution in [0.2, 0.25) is 5.02 Å². The Bertz CT molecular complexity index is 1090. The van der Waals surface area contributed by atoms with Crippen LogP contribution in [0.1, 0.15) is 41.1 Å². The number of aliphatic hydroxyl groups excluding tert-OH is 1. The number of methoxy groups -OCH3 is 1. The van der Waals surface area contributed by atoms with Gasteiger partial charge in [-0.2, -0.15) is 0 Å². The number of likely N-dealkylation sites (tertiary alicyclic amines) is 1. The number of aryl methyl sites for hydroxylation is 2. The maximum atomic E-state index is 13.2. The summed E-state index contributed by atoms with van der Waals surface area (Å²) in [5, 5.41) is 11.9. The number of hydrogen-bond acceptors (Lipinski definition) is 5.